The monoisotopic (exact) mass is 250 g/mol. The summed E-state index contributed by atoms with van der Waals surface area (Å²) in [5.41, 5.74) is 1.34. The molecule has 1 heterocycles. The van der Waals surface area contributed by atoms with E-state index in [2.05, 4.69) is 24.1 Å². The summed E-state index contributed by atoms with van der Waals surface area (Å²) in [4.78, 5) is 4.13. The summed E-state index contributed by atoms with van der Waals surface area (Å²) in [5.74, 6) is -0.273. The van der Waals surface area contributed by atoms with Crippen LogP contribution < -0.4 is 5.32 Å². The first-order valence-corrected chi connectivity index (χ1v) is 6.94. The Morgan fingerprint density at radius 3 is 2.67 bits per heavy atom. The van der Waals surface area contributed by atoms with E-state index in [0.29, 0.717) is 5.41 Å². The summed E-state index contributed by atoms with van der Waals surface area (Å²) in [6.45, 7) is 5.48. The Hall–Kier alpha value is -0.960. The van der Waals surface area contributed by atoms with Gasteiger partial charge < -0.3 is 5.32 Å². The zero-order chi connectivity index (χ0) is 13.0. The molecule has 0 radical (unpaired) electrons. The number of nitrogens with one attached hydrogen (secondary N) is 1. The fraction of sp³-hybridized carbons (Fsp3) is 0.667. The van der Waals surface area contributed by atoms with Crippen LogP contribution >= 0.6 is 0 Å². The minimum atomic E-state index is -0.273. The first-order valence-electron chi connectivity index (χ1n) is 6.94. The van der Waals surface area contributed by atoms with Crippen LogP contribution in [-0.4, -0.2) is 11.5 Å². The number of aromatic nitrogens is 1. The normalized spacial score (nSPS) is 20.6. The van der Waals surface area contributed by atoms with Gasteiger partial charge in [0.1, 0.15) is 5.82 Å². The number of nitrogens with zero attached hydrogens (tertiary/aromatic N) is 1. The van der Waals surface area contributed by atoms with Gasteiger partial charge in [0.15, 0.2) is 0 Å². The number of hydrogen-bond donors (Lipinski definition) is 1. The highest BCUT2D eigenvalue weighted by molar-refractivity contribution is 5.09. The molecule has 2 nitrogen and oxygen atoms in total. The van der Waals surface area contributed by atoms with E-state index in [0.717, 1.165) is 12.2 Å². The van der Waals surface area contributed by atoms with Gasteiger partial charge in [-0.15, -0.1) is 0 Å². The minimum absolute atomic E-state index is 0.185. The van der Waals surface area contributed by atoms with E-state index in [1.807, 2.05) is 0 Å². The lowest BCUT2D eigenvalue weighted by Crippen LogP contribution is -2.35. The van der Waals surface area contributed by atoms with Crippen molar-refractivity contribution in [3.05, 3.63) is 29.8 Å². The maximum atomic E-state index is 12.8. The van der Waals surface area contributed by atoms with Crippen LogP contribution in [0.5, 0.6) is 0 Å². The molecule has 1 N–H and O–H groups in total. The van der Waals surface area contributed by atoms with Crippen molar-refractivity contribution in [1.82, 2.24) is 10.3 Å². The number of rotatable bonds is 4. The number of pyridine rings is 1. The van der Waals surface area contributed by atoms with Gasteiger partial charge in [-0.2, -0.15) is 0 Å². The van der Waals surface area contributed by atoms with Crippen molar-refractivity contribution in [3.8, 4) is 0 Å². The van der Waals surface area contributed by atoms with Crippen molar-refractivity contribution in [1.29, 1.82) is 0 Å². The average molecular weight is 250 g/mol. The summed E-state index contributed by atoms with van der Waals surface area (Å²) in [7, 11) is 0. The van der Waals surface area contributed by atoms with Gasteiger partial charge in [-0.05, 0) is 37.3 Å². The van der Waals surface area contributed by atoms with E-state index in [-0.39, 0.29) is 11.9 Å². The lowest BCUT2D eigenvalue weighted by molar-refractivity contribution is 0.201. The quantitative estimate of drug-likeness (QED) is 0.878. The van der Waals surface area contributed by atoms with Gasteiger partial charge in [-0.25, -0.2) is 4.39 Å². The van der Waals surface area contributed by atoms with Gasteiger partial charge in [0.2, 0.25) is 0 Å². The molecule has 0 aliphatic heterocycles. The molecule has 100 valence electrons. The Balaban J connectivity index is 1.87. The maximum absolute atomic E-state index is 12.8. The topological polar surface area (TPSA) is 24.9 Å². The molecule has 1 fully saturated rings. The molecule has 0 spiro atoms. The van der Waals surface area contributed by atoms with Crippen molar-refractivity contribution in [2.24, 2.45) is 5.41 Å². The van der Waals surface area contributed by atoms with E-state index in [9.17, 15) is 4.39 Å². The van der Waals surface area contributed by atoms with Gasteiger partial charge in [0.05, 0.1) is 11.9 Å². The lowest BCUT2D eigenvalue weighted by Gasteiger charge is -2.34. The third-order valence-electron chi connectivity index (χ3n) is 4.09. The SMILES string of the molecule is CC(NCC1(C)CCCCC1)c1ccc(F)cn1. The van der Waals surface area contributed by atoms with Crippen molar-refractivity contribution >= 4 is 0 Å². The molecule has 0 aromatic carbocycles. The molecule has 0 saturated heterocycles. The average Bonchev–Trinajstić information content (AvgIpc) is 2.38. The van der Waals surface area contributed by atoms with Crippen LogP contribution in [0.25, 0.3) is 0 Å². The molecule has 0 amide bonds. The van der Waals surface area contributed by atoms with Crippen LogP contribution in [0.1, 0.15) is 57.7 Å². The Kier molecular flexibility index (Phi) is 4.33. The van der Waals surface area contributed by atoms with Crippen LogP contribution in [-0.2, 0) is 0 Å². The van der Waals surface area contributed by atoms with Crippen molar-refractivity contribution in [2.45, 2.75) is 52.0 Å². The Labute approximate surface area is 109 Å². The van der Waals surface area contributed by atoms with Crippen molar-refractivity contribution in [2.75, 3.05) is 6.54 Å². The molecule has 2 rings (SSSR count). The molecule has 1 aliphatic carbocycles. The second kappa shape index (κ2) is 5.79. The predicted molar refractivity (Wildman–Crippen MR) is 71.8 cm³/mol. The maximum Gasteiger partial charge on any atom is 0.141 e. The summed E-state index contributed by atoms with van der Waals surface area (Å²) < 4.78 is 12.8. The van der Waals surface area contributed by atoms with Crippen LogP contribution in [0, 0.1) is 11.2 Å². The van der Waals surface area contributed by atoms with E-state index >= 15 is 0 Å². The van der Waals surface area contributed by atoms with E-state index < -0.39 is 0 Å². The molecule has 18 heavy (non-hydrogen) atoms. The highest BCUT2D eigenvalue weighted by Crippen LogP contribution is 2.35. The zero-order valence-corrected chi connectivity index (χ0v) is 11.4. The molecular weight excluding hydrogens is 227 g/mol. The Morgan fingerprint density at radius 1 is 1.33 bits per heavy atom. The summed E-state index contributed by atoms with van der Waals surface area (Å²) in [6, 6.07) is 3.42. The van der Waals surface area contributed by atoms with Gasteiger partial charge in [-0.1, -0.05) is 26.2 Å². The number of hydrogen-bond acceptors (Lipinski definition) is 2. The summed E-state index contributed by atoms with van der Waals surface area (Å²) in [6.07, 6.45) is 7.98. The Morgan fingerprint density at radius 2 is 2.06 bits per heavy atom. The predicted octanol–water partition coefficient (Wildman–Crippen LogP) is 3.84. The fourth-order valence-electron chi connectivity index (χ4n) is 2.73. The molecule has 1 atom stereocenters. The molecule has 1 aliphatic rings. The Bertz CT molecular complexity index is 369. The third kappa shape index (κ3) is 3.52. The van der Waals surface area contributed by atoms with Crippen LogP contribution in [0.3, 0.4) is 0 Å². The number of halogens is 1. The fourth-order valence-corrected chi connectivity index (χ4v) is 2.73. The van der Waals surface area contributed by atoms with Gasteiger partial charge in [0, 0.05) is 12.6 Å². The van der Waals surface area contributed by atoms with E-state index in [1.165, 1.54) is 44.4 Å². The molecular formula is C15H23FN2. The van der Waals surface area contributed by atoms with Crippen LogP contribution in [0.15, 0.2) is 18.3 Å². The second-order valence-electron chi connectivity index (χ2n) is 5.88. The molecule has 1 saturated carbocycles. The summed E-state index contributed by atoms with van der Waals surface area (Å²) in [5, 5.41) is 3.54. The molecule has 1 aromatic rings. The zero-order valence-electron chi connectivity index (χ0n) is 11.4. The van der Waals surface area contributed by atoms with Crippen molar-refractivity contribution in [3.63, 3.8) is 0 Å². The highest BCUT2D eigenvalue weighted by Gasteiger charge is 2.26. The van der Waals surface area contributed by atoms with Crippen LogP contribution in [0.2, 0.25) is 0 Å². The van der Waals surface area contributed by atoms with E-state index in [4.69, 9.17) is 0 Å². The van der Waals surface area contributed by atoms with E-state index in [1.54, 1.807) is 6.07 Å². The smallest absolute Gasteiger partial charge is 0.141 e. The van der Waals surface area contributed by atoms with Crippen LogP contribution in [0.4, 0.5) is 4.39 Å². The highest BCUT2D eigenvalue weighted by atomic mass is 19.1. The lowest BCUT2D eigenvalue weighted by atomic mass is 9.75. The summed E-state index contributed by atoms with van der Waals surface area (Å²) >= 11 is 0. The molecule has 3 heteroatoms. The molecule has 0 bridgehead atoms. The van der Waals surface area contributed by atoms with Gasteiger partial charge >= 0.3 is 0 Å². The van der Waals surface area contributed by atoms with Gasteiger partial charge in [0.25, 0.3) is 0 Å². The van der Waals surface area contributed by atoms with Crippen molar-refractivity contribution < 1.29 is 4.39 Å². The third-order valence-corrected chi connectivity index (χ3v) is 4.09. The first-order chi connectivity index (χ1) is 8.59. The molecule has 1 unspecified atom stereocenters. The van der Waals surface area contributed by atoms with Gasteiger partial charge in [-0.3, -0.25) is 4.98 Å². The second-order valence-corrected chi connectivity index (χ2v) is 5.88. The first kappa shape index (κ1) is 13.5. The minimum Gasteiger partial charge on any atom is -0.308 e. The largest absolute Gasteiger partial charge is 0.308 e. The standard InChI is InChI=1S/C15H23FN2/c1-12(14-7-6-13(16)10-17-14)18-11-15(2)8-4-3-5-9-15/h6-7,10,12,18H,3-5,8-9,11H2,1-2H3. The molecule has 1 aromatic heterocycles.